The van der Waals surface area contributed by atoms with Crippen LogP contribution in [0.25, 0.3) is 0 Å². The molecule has 0 atom stereocenters. The van der Waals surface area contributed by atoms with Crippen LogP contribution in [-0.2, 0) is 11.2 Å². The summed E-state index contributed by atoms with van der Waals surface area (Å²) in [5, 5.41) is 6.72. The Labute approximate surface area is 111 Å². The maximum absolute atomic E-state index is 12.7. The Kier molecular flexibility index (Phi) is 5.41. The molecule has 0 spiro atoms. The monoisotopic (exact) mass is 274 g/mol. The lowest BCUT2D eigenvalue weighted by atomic mass is 10.1. The summed E-state index contributed by atoms with van der Waals surface area (Å²) < 4.78 is 26.0. The van der Waals surface area contributed by atoms with Crippen LogP contribution >= 0.6 is 0 Å². The van der Waals surface area contributed by atoms with E-state index in [0.29, 0.717) is 34.7 Å². The van der Waals surface area contributed by atoms with Gasteiger partial charge in [-0.1, -0.05) is 0 Å². The molecule has 1 aromatic heterocycles. The number of nitrogens with zero attached hydrogens (tertiary/aromatic N) is 3. The summed E-state index contributed by atoms with van der Waals surface area (Å²) in [6, 6.07) is 0. The number of aryl methyl sites for hydroxylation is 1. The number of amides is 1. The number of halogens is 2. The predicted molar refractivity (Wildman–Crippen MR) is 68.2 cm³/mol. The average Bonchev–Trinajstić information content (AvgIpc) is 2.63. The molecular formula is C12H20F2N4O. The molecule has 0 aliphatic carbocycles. The van der Waals surface area contributed by atoms with Crippen molar-refractivity contribution in [3.05, 3.63) is 17.0 Å². The molecule has 7 heteroatoms. The Hall–Kier alpha value is -1.50. The number of carbonyl (C=O) groups excluding carboxylic acids is 1. The van der Waals surface area contributed by atoms with Crippen molar-refractivity contribution in [2.24, 2.45) is 0 Å². The molecule has 0 aliphatic heterocycles. The largest absolute Gasteiger partial charge is 0.344 e. The molecule has 1 rings (SSSR count). The van der Waals surface area contributed by atoms with Crippen molar-refractivity contribution < 1.29 is 13.6 Å². The molecule has 0 aromatic carbocycles. The number of alkyl halides is 2. The molecule has 0 aliphatic rings. The van der Waals surface area contributed by atoms with Crippen LogP contribution in [0.3, 0.4) is 0 Å². The van der Waals surface area contributed by atoms with Crippen LogP contribution in [0.5, 0.6) is 0 Å². The molecule has 19 heavy (non-hydrogen) atoms. The van der Waals surface area contributed by atoms with Gasteiger partial charge in [0.05, 0.1) is 12.1 Å². The van der Waals surface area contributed by atoms with Crippen molar-refractivity contribution in [3.8, 4) is 0 Å². The van der Waals surface area contributed by atoms with Crippen molar-refractivity contribution in [1.82, 2.24) is 20.0 Å². The normalized spacial score (nSPS) is 11.1. The van der Waals surface area contributed by atoms with E-state index in [1.54, 1.807) is 32.8 Å². The second-order valence-corrected chi connectivity index (χ2v) is 4.47. The van der Waals surface area contributed by atoms with E-state index in [-0.39, 0.29) is 12.3 Å². The summed E-state index contributed by atoms with van der Waals surface area (Å²) in [5.41, 5.74) is 1.41. The lowest BCUT2D eigenvalue weighted by Gasteiger charge is -2.17. The first-order chi connectivity index (χ1) is 8.88. The van der Waals surface area contributed by atoms with Crippen LogP contribution in [-0.4, -0.2) is 47.8 Å². The summed E-state index contributed by atoms with van der Waals surface area (Å²) in [7, 11) is 3.50. The molecule has 0 radical (unpaired) electrons. The van der Waals surface area contributed by atoms with Gasteiger partial charge in [-0.3, -0.25) is 4.79 Å². The first kappa shape index (κ1) is 15.6. The van der Waals surface area contributed by atoms with Crippen molar-refractivity contribution in [2.45, 2.75) is 26.8 Å². The number of hydrogen-bond donors (Lipinski definition) is 1. The minimum atomic E-state index is -2.68. The van der Waals surface area contributed by atoms with Gasteiger partial charge in [-0.2, -0.15) is 13.9 Å². The maximum Gasteiger partial charge on any atom is 0.333 e. The Morgan fingerprint density at radius 3 is 2.58 bits per heavy atom. The van der Waals surface area contributed by atoms with Gasteiger partial charge in [0, 0.05) is 31.4 Å². The van der Waals surface area contributed by atoms with E-state index in [4.69, 9.17) is 0 Å². The minimum absolute atomic E-state index is 0.102. The highest BCUT2D eigenvalue weighted by molar-refractivity contribution is 5.79. The second-order valence-electron chi connectivity index (χ2n) is 4.47. The zero-order valence-electron chi connectivity index (χ0n) is 11.7. The number of hydrogen-bond acceptors (Lipinski definition) is 3. The van der Waals surface area contributed by atoms with E-state index >= 15 is 0 Å². The zero-order valence-corrected chi connectivity index (χ0v) is 11.7. The summed E-state index contributed by atoms with van der Waals surface area (Å²) in [6.07, 6.45) is 0.102. The highest BCUT2D eigenvalue weighted by Gasteiger charge is 2.20. The molecule has 1 heterocycles. The molecule has 0 unspecified atom stereocenters. The Bertz CT molecular complexity index is 445. The van der Waals surface area contributed by atoms with Gasteiger partial charge in [-0.15, -0.1) is 0 Å². The van der Waals surface area contributed by atoms with E-state index in [2.05, 4.69) is 10.4 Å². The summed E-state index contributed by atoms with van der Waals surface area (Å²) >= 11 is 0. The molecule has 5 nitrogen and oxygen atoms in total. The van der Waals surface area contributed by atoms with E-state index in [0.717, 1.165) is 0 Å². The molecule has 108 valence electrons. The van der Waals surface area contributed by atoms with Crippen LogP contribution < -0.4 is 5.32 Å². The number of nitrogens with one attached hydrogen (secondary N) is 1. The molecule has 1 aromatic rings. The molecule has 0 fully saturated rings. The molecule has 1 amide bonds. The lowest BCUT2D eigenvalue weighted by Crippen LogP contribution is -2.34. The Balaban J connectivity index is 2.79. The Morgan fingerprint density at radius 1 is 1.47 bits per heavy atom. The zero-order chi connectivity index (χ0) is 14.6. The fourth-order valence-corrected chi connectivity index (χ4v) is 1.83. The molecule has 1 N–H and O–H groups in total. The van der Waals surface area contributed by atoms with Crippen molar-refractivity contribution in [2.75, 3.05) is 27.2 Å². The molecular weight excluding hydrogens is 254 g/mol. The van der Waals surface area contributed by atoms with Crippen molar-refractivity contribution in [1.29, 1.82) is 0 Å². The van der Waals surface area contributed by atoms with Crippen LogP contribution in [0.1, 0.15) is 23.5 Å². The van der Waals surface area contributed by atoms with Gasteiger partial charge >= 0.3 is 6.55 Å². The fourth-order valence-electron chi connectivity index (χ4n) is 1.83. The summed E-state index contributed by atoms with van der Waals surface area (Å²) in [5.74, 6) is -0.102. The van der Waals surface area contributed by atoms with Crippen LogP contribution in [0.4, 0.5) is 8.78 Å². The smallest absolute Gasteiger partial charge is 0.333 e. The lowest BCUT2D eigenvalue weighted by molar-refractivity contribution is -0.129. The highest BCUT2D eigenvalue weighted by atomic mass is 19.3. The third-order valence-electron chi connectivity index (χ3n) is 3.11. The van der Waals surface area contributed by atoms with Crippen LogP contribution in [0, 0.1) is 13.8 Å². The van der Waals surface area contributed by atoms with Gasteiger partial charge in [0.1, 0.15) is 0 Å². The number of aromatic nitrogens is 2. The topological polar surface area (TPSA) is 50.2 Å². The Morgan fingerprint density at radius 2 is 2.11 bits per heavy atom. The van der Waals surface area contributed by atoms with E-state index in [1.165, 1.54) is 0 Å². The number of carbonyl (C=O) groups is 1. The number of likely N-dealkylation sites (N-methyl/N-ethyl adjacent to an activating group) is 2. The average molecular weight is 274 g/mol. The van der Waals surface area contributed by atoms with Crippen LogP contribution in [0.2, 0.25) is 0 Å². The van der Waals surface area contributed by atoms with Crippen LogP contribution in [0.15, 0.2) is 0 Å². The van der Waals surface area contributed by atoms with Gasteiger partial charge < -0.3 is 10.2 Å². The first-order valence-corrected chi connectivity index (χ1v) is 6.09. The standard InChI is InChI=1S/C12H20F2N4O/c1-8-10(9(2)18(16-8)12(13)14)7-11(19)17(4)6-5-15-3/h12,15H,5-7H2,1-4H3. The molecule has 0 bridgehead atoms. The van der Waals surface area contributed by atoms with Crippen molar-refractivity contribution in [3.63, 3.8) is 0 Å². The minimum Gasteiger partial charge on any atom is -0.344 e. The quantitative estimate of drug-likeness (QED) is 0.845. The van der Waals surface area contributed by atoms with Gasteiger partial charge in [-0.25, -0.2) is 4.68 Å². The molecule has 0 saturated heterocycles. The van der Waals surface area contributed by atoms with E-state index in [1.807, 2.05) is 0 Å². The molecule has 0 saturated carbocycles. The van der Waals surface area contributed by atoms with Gasteiger partial charge in [0.25, 0.3) is 0 Å². The number of rotatable bonds is 6. The maximum atomic E-state index is 12.7. The SMILES string of the molecule is CNCCN(C)C(=O)Cc1c(C)nn(C(F)F)c1C. The third kappa shape index (κ3) is 3.73. The van der Waals surface area contributed by atoms with E-state index in [9.17, 15) is 13.6 Å². The van der Waals surface area contributed by atoms with Gasteiger partial charge in [0.2, 0.25) is 5.91 Å². The van der Waals surface area contributed by atoms with Gasteiger partial charge in [-0.05, 0) is 20.9 Å². The summed E-state index contributed by atoms with van der Waals surface area (Å²) in [4.78, 5) is 13.6. The van der Waals surface area contributed by atoms with E-state index < -0.39 is 6.55 Å². The first-order valence-electron chi connectivity index (χ1n) is 6.09. The fraction of sp³-hybridized carbons (Fsp3) is 0.667. The third-order valence-corrected chi connectivity index (χ3v) is 3.11. The highest BCUT2D eigenvalue weighted by Crippen LogP contribution is 2.20. The van der Waals surface area contributed by atoms with Crippen molar-refractivity contribution >= 4 is 5.91 Å². The second kappa shape index (κ2) is 6.60. The van der Waals surface area contributed by atoms with Gasteiger partial charge in [0.15, 0.2) is 0 Å². The summed E-state index contributed by atoms with van der Waals surface area (Å²) in [6.45, 7) is 1.79. The predicted octanol–water partition coefficient (Wildman–Crippen LogP) is 1.12.